The van der Waals surface area contributed by atoms with Gasteiger partial charge in [0.25, 0.3) is 0 Å². The molecule has 1 fully saturated rings. The van der Waals surface area contributed by atoms with Crippen LogP contribution in [-0.4, -0.2) is 23.2 Å². The second-order valence-corrected chi connectivity index (χ2v) is 6.23. The zero-order valence-corrected chi connectivity index (χ0v) is 13.0. The van der Waals surface area contributed by atoms with Gasteiger partial charge in [-0.25, -0.2) is 0 Å². The maximum atomic E-state index is 11.9. The molecule has 2 rings (SSSR count). The van der Waals surface area contributed by atoms with E-state index in [0.29, 0.717) is 13.0 Å². The number of benzene rings is 1. The first-order valence-electron chi connectivity index (χ1n) is 8.18. The zero-order valence-electron chi connectivity index (χ0n) is 13.0. The molecule has 0 bridgehead atoms. The Labute approximate surface area is 127 Å². The molecule has 3 nitrogen and oxygen atoms in total. The topological polar surface area (TPSA) is 49.3 Å². The summed E-state index contributed by atoms with van der Waals surface area (Å²) < 4.78 is 0. The minimum Gasteiger partial charge on any atom is -0.388 e. The average Bonchev–Trinajstić information content (AvgIpc) is 2.52. The summed E-state index contributed by atoms with van der Waals surface area (Å²) in [5, 5.41) is 13.2. The molecule has 1 aromatic rings. The fraction of sp³-hybridized carbons (Fsp3) is 0.611. The number of carbonyl (C=O) groups excluding carboxylic acids is 1. The first kappa shape index (κ1) is 16.0. The second-order valence-electron chi connectivity index (χ2n) is 6.23. The van der Waals surface area contributed by atoms with Crippen molar-refractivity contribution in [3.05, 3.63) is 35.4 Å². The lowest BCUT2D eigenvalue weighted by Gasteiger charge is -2.32. The number of aryl methyl sites for hydroxylation is 2. The molecule has 0 spiro atoms. The van der Waals surface area contributed by atoms with E-state index in [1.807, 2.05) is 0 Å². The lowest BCUT2D eigenvalue weighted by atomic mass is 9.85. The van der Waals surface area contributed by atoms with E-state index in [1.165, 1.54) is 17.5 Å². The van der Waals surface area contributed by atoms with Crippen LogP contribution in [0.25, 0.3) is 0 Å². The van der Waals surface area contributed by atoms with E-state index in [0.717, 1.165) is 38.5 Å². The highest BCUT2D eigenvalue weighted by Crippen LogP contribution is 2.27. The third kappa shape index (κ3) is 5.16. The molecule has 1 amide bonds. The van der Waals surface area contributed by atoms with Gasteiger partial charge < -0.3 is 10.4 Å². The fourth-order valence-electron chi connectivity index (χ4n) is 2.94. The number of hydrogen-bond acceptors (Lipinski definition) is 2. The lowest BCUT2D eigenvalue weighted by Crippen LogP contribution is -2.44. The normalized spacial score (nSPS) is 17.4. The number of nitrogens with one attached hydrogen (secondary N) is 1. The molecule has 3 heteroatoms. The molecule has 0 aromatic heterocycles. The Kier molecular flexibility index (Phi) is 5.80. The van der Waals surface area contributed by atoms with Crippen LogP contribution in [0, 0.1) is 0 Å². The minimum atomic E-state index is -0.670. The van der Waals surface area contributed by atoms with Crippen molar-refractivity contribution < 1.29 is 9.90 Å². The predicted octanol–water partition coefficient (Wildman–Crippen LogP) is 2.99. The number of carbonyl (C=O) groups is 1. The van der Waals surface area contributed by atoms with Crippen LogP contribution in [0.1, 0.15) is 56.6 Å². The van der Waals surface area contributed by atoms with E-state index in [4.69, 9.17) is 0 Å². The largest absolute Gasteiger partial charge is 0.388 e. The summed E-state index contributed by atoms with van der Waals surface area (Å²) >= 11 is 0. The van der Waals surface area contributed by atoms with Crippen molar-refractivity contribution in [1.82, 2.24) is 5.32 Å². The van der Waals surface area contributed by atoms with Gasteiger partial charge in [-0.15, -0.1) is 0 Å². The summed E-state index contributed by atoms with van der Waals surface area (Å²) in [4.78, 5) is 11.9. The summed E-state index contributed by atoms with van der Waals surface area (Å²) in [6, 6.07) is 8.44. The maximum absolute atomic E-state index is 11.9. The smallest absolute Gasteiger partial charge is 0.220 e. The molecule has 0 saturated heterocycles. The third-order valence-electron chi connectivity index (χ3n) is 4.47. The first-order valence-corrected chi connectivity index (χ1v) is 8.18. The predicted molar refractivity (Wildman–Crippen MR) is 85.2 cm³/mol. The molecule has 0 radical (unpaired) electrons. The molecule has 1 aromatic carbocycles. The van der Waals surface area contributed by atoms with Gasteiger partial charge in [-0.05, 0) is 36.8 Å². The zero-order chi connectivity index (χ0) is 15.1. The first-order chi connectivity index (χ1) is 10.1. The van der Waals surface area contributed by atoms with Crippen LogP contribution in [0.3, 0.4) is 0 Å². The molecule has 1 aliphatic rings. The lowest BCUT2D eigenvalue weighted by molar-refractivity contribution is -0.122. The van der Waals surface area contributed by atoms with E-state index in [-0.39, 0.29) is 5.91 Å². The number of aliphatic hydroxyl groups is 1. The summed E-state index contributed by atoms with van der Waals surface area (Å²) in [5.41, 5.74) is 1.85. The SMILES string of the molecule is CCc1ccc(CCC(=O)NCC2(O)CCCCC2)cc1. The molecule has 1 aliphatic carbocycles. The Morgan fingerprint density at radius 2 is 1.76 bits per heavy atom. The van der Waals surface area contributed by atoms with Gasteiger partial charge in [0, 0.05) is 13.0 Å². The molecular weight excluding hydrogens is 262 g/mol. The highest BCUT2D eigenvalue weighted by atomic mass is 16.3. The van der Waals surface area contributed by atoms with E-state index in [9.17, 15) is 9.90 Å². The van der Waals surface area contributed by atoms with Crippen LogP contribution in [-0.2, 0) is 17.6 Å². The van der Waals surface area contributed by atoms with Gasteiger partial charge in [0.2, 0.25) is 5.91 Å². The monoisotopic (exact) mass is 289 g/mol. The van der Waals surface area contributed by atoms with E-state index < -0.39 is 5.60 Å². The van der Waals surface area contributed by atoms with Crippen molar-refractivity contribution in [3.8, 4) is 0 Å². The third-order valence-corrected chi connectivity index (χ3v) is 4.47. The molecule has 1 saturated carbocycles. The van der Waals surface area contributed by atoms with Gasteiger partial charge in [-0.2, -0.15) is 0 Å². The summed E-state index contributed by atoms with van der Waals surface area (Å²) in [7, 11) is 0. The van der Waals surface area contributed by atoms with Gasteiger partial charge in [0.1, 0.15) is 0 Å². The quantitative estimate of drug-likeness (QED) is 0.846. The Bertz CT molecular complexity index is 447. The molecular formula is C18H27NO2. The minimum absolute atomic E-state index is 0.0357. The molecule has 0 aliphatic heterocycles. The van der Waals surface area contributed by atoms with E-state index in [1.54, 1.807) is 0 Å². The number of amides is 1. The molecule has 0 heterocycles. The summed E-state index contributed by atoms with van der Waals surface area (Å²) in [6.07, 6.45) is 7.24. The van der Waals surface area contributed by atoms with E-state index in [2.05, 4.69) is 36.5 Å². The van der Waals surface area contributed by atoms with Crippen LogP contribution >= 0.6 is 0 Å². The standard InChI is InChI=1S/C18H27NO2/c1-2-15-6-8-16(9-7-15)10-11-17(20)19-14-18(21)12-4-3-5-13-18/h6-9,21H,2-5,10-14H2,1H3,(H,19,20). The summed E-state index contributed by atoms with van der Waals surface area (Å²) in [5.74, 6) is 0.0357. The Morgan fingerprint density at radius 3 is 2.38 bits per heavy atom. The number of hydrogen-bond donors (Lipinski definition) is 2. The van der Waals surface area contributed by atoms with Crippen molar-refractivity contribution >= 4 is 5.91 Å². The van der Waals surface area contributed by atoms with Crippen molar-refractivity contribution in [2.24, 2.45) is 0 Å². The maximum Gasteiger partial charge on any atom is 0.220 e. The fourth-order valence-corrected chi connectivity index (χ4v) is 2.94. The van der Waals surface area contributed by atoms with Gasteiger partial charge in [0.05, 0.1) is 5.60 Å². The Hall–Kier alpha value is -1.35. The van der Waals surface area contributed by atoms with Gasteiger partial charge in [-0.3, -0.25) is 4.79 Å². The Balaban J connectivity index is 1.71. The average molecular weight is 289 g/mol. The molecule has 0 unspecified atom stereocenters. The van der Waals surface area contributed by atoms with Crippen LogP contribution in [0.5, 0.6) is 0 Å². The molecule has 0 atom stereocenters. The van der Waals surface area contributed by atoms with E-state index >= 15 is 0 Å². The van der Waals surface area contributed by atoms with Crippen LogP contribution in [0.4, 0.5) is 0 Å². The highest BCUT2D eigenvalue weighted by molar-refractivity contribution is 5.76. The van der Waals surface area contributed by atoms with Gasteiger partial charge in [0.15, 0.2) is 0 Å². The summed E-state index contributed by atoms with van der Waals surface area (Å²) in [6.45, 7) is 2.54. The molecule has 21 heavy (non-hydrogen) atoms. The van der Waals surface area contributed by atoms with Crippen molar-refractivity contribution in [3.63, 3.8) is 0 Å². The molecule has 2 N–H and O–H groups in total. The molecule has 116 valence electrons. The van der Waals surface area contributed by atoms with Crippen LogP contribution in [0.2, 0.25) is 0 Å². The van der Waals surface area contributed by atoms with Crippen LogP contribution in [0.15, 0.2) is 24.3 Å². The van der Waals surface area contributed by atoms with Gasteiger partial charge >= 0.3 is 0 Å². The highest BCUT2D eigenvalue weighted by Gasteiger charge is 2.29. The van der Waals surface area contributed by atoms with Crippen molar-refractivity contribution in [2.45, 2.75) is 63.9 Å². The second kappa shape index (κ2) is 7.60. The van der Waals surface area contributed by atoms with Crippen molar-refractivity contribution in [2.75, 3.05) is 6.54 Å². The van der Waals surface area contributed by atoms with Crippen LogP contribution < -0.4 is 5.32 Å². The van der Waals surface area contributed by atoms with Gasteiger partial charge in [-0.1, -0.05) is 50.5 Å². The Morgan fingerprint density at radius 1 is 1.14 bits per heavy atom. The van der Waals surface area contributed by atoms with Crippen molar-refractivity contribution in [1.29, 1.82) is 0 Å². The number of rotatable bonds is 6.